The van der Waals surface area contributed by atoms with Gasteiger partial charge in [-0.25, -0.2) is 4.98 Å². The molecule has 94 valence electrons. The third-order valence-electron chi connectivity index (χ3n) is 3.56. The first-order valence-corrected chi connectivity index (χ1v) is 6.01. The van der Waals surface area contributed by atoms with E-state index in [4.69, 9.17) is 10.2 Å². The van der Waals surface area contributed by atoms with Crippen LogP contribution < -0.4 is 10.6 Å². The lowest BCUT2D eigenvalue weighted by molar-refractivity contribution is -0.124. The summed E-state index contributed by atoms with van der Waals surface area (Å²) in [5.74, 6) is 0.186. The van der Waals surface area contributed by atoms with Gasteiger partial charge in [0, 0.05) is 30.8 Å². The lowest BCUT2D eigenvalue weighted by Gasteiger charge is -2.34. The summed E-state index contributed by atoms with van der Waals surface area (Å²) in [7, 11) is 1.78. The van der Waals surface area contributed by atoms with Crippen LogP contribution in [0.5, 0.6) is 0 Å². The SMILES string of the molecule is CN(C(=O)C1CC(N)C1)c1ccc2ncoc2c1. The maximum absolute atomic E-state index is 12.2. The zero-order valence-corrected chi connectivity index (χ0v) is 10.2. The smallest absolute Gasteiger partial charge is 0.229 e. The van der Waals surface area contributed by atoms with Gasteiger partial charge in [-0.2, -0.15) is 0 Å². The van der Waals surface area contributed by atoms with E-state index in [1.54, 1.807) is 11.9 Å². The molecule has 1 heterocycles. The van der Waals surface area contributed by atoms with Crippen molar-refractivity contribution in [3.05, 3.63) is 24.6 Å². The minimum Gasteiger partial charge on any atom is -0.443 e. The molecule has 0 aliphatic heterocycles. The Kier molecular flexibility index (Phi) is 2.56. The number of carbonyl (C=O) groups is 1. The quantitative estimate of drug-likeness (QED) is 0.870. The molecular formula is C13H15N3O2. The Morgan fingerprint density at radius 3 is 3.00 bits per heavy atom. The summed E-state index contributed by atoms with van der Waals surface area (Å²) < 4.78 is 5.24. The third kappa shape index (κ3) is 1.76. The molecule has 2 N–H and O–H groups in total. The number of rotatable bonds is 2. The molecule has 0 saturated heterocycles. The van der Waals surface area contributed by atoms with Crippen LogP contribution in [0, 0.1) is 5.92 Å². The second kappa shape index (κ2) is 4.10. The van der Waals surface area contributed by atoms with Crippen molar-refractivity contribution in [2.24, 2.45) is 11.7 Å². The summed E-state index contributed by atoms with van der Waals surface area (Å²) in [5.41, 5.74) is 8.02. The molecule has 1 fully saturated rings. The van der Waals surface area contributed by atoms with Gasteiger partial charge in [-0.3, -0.25) is 4.79 Å². The van der Waals surface area contributed by atoms with Gasteiger partial charge in [-0.15, -0.1) is 0 Å². The van der Waals surface area contributed by atoms with Gasteiger partial charge < -0.3 is 15.1 Å². The molecule has 2 aromatic rings. The summed E-state index contributed by atoms with van der Waals surface area (Å²) in [5, 5.41) is 0. The first-order valence-electron chi connectivity index (χ1n) is 6.01. The molecule has 5 nitrogen and oxygen atoms in total. The fourth-order valence-corrected chi connectivity index (χ4v) is 2.32. The van der Waals surface area contributed by atoms with E-state index in [0.29, 0.717) is 5.58 Å². The Bertz CT molecular complexity index is 587. The van der Waals surface area contributed by atoms with Crippen LogP contribution in [0.1, 0.15) is 12.8 Å². The molecule has 1 aliphatic carbocycles. The molecule has 0 atom stereocenters. The van der Waals surface area contributed by atoms with Crippen LogP contribution in [0.4, 0.5) is 5.69 Å². The molecule has 0 unspecified atom stereocenters. The van der Waals surface area contributed by atoms with Crippen molar-refractivity contribution in [3.8, 4) is 0 Å². The standard InChI is InChI=1S/C13H15N3O2/c1-16(13(17)8-4-9(14)5-8)10-2-3-11-12(6-10)18-7-15-11/h2-3,6-9H,4-5,14H2,1H3. The number of oxazole rings is 1. The van der Waals surface area contributed by atoms with E-state index in [2.05, 4.69) is 4.98 Å². The molecule has 1 aliphatic rings. The van der Waals surface area contributed by atoms with Crippen molar-refractivity contribution < 1.29 is 9.21 Å². The molecule has 1 aromatic heterocycles. The van der Waals surface area contributed by atoms with Crippen LogP contribution in [-0.4, -0.2) is 24.0 Å². The van der Waals surface area contributed by atoms with Crippen LogP contribution in [-0.2, 0) is 4.79 Å². The fourth-order valence-electron chi connectivity index (χ4n) is 2.32. The Labute approximate surface area is 105 Å². The van der Waals surface area contributed by atoms with Gasteiger partial charge in [0.05, 0.1) is 0 Å². The zero-order chi connectivity index (χ0) is 12.7. The second-order valence-electron chi connectivity index (χ2n) is 4.83. The number of nitrogens with two attached hydrogens (primary N) is 1. The van der Waals surface area contributed by atoms with Gasteiger partial charge in [0.2, 0.25) is 5.91 Å². The lowest BCUT2D eigenvalue weighted by Crippen LogP contribution is -2.45. The summed E-state index contributed by atoms with van der Waals surface area (Å²) >= 11 is 0. The van der Waals surface area contributed by atoms with Gasteiger partial charge in [0.1, 0.15) is 5.52 Å². The highest BCUT2D eigenvalue weighted by Gasteiger charge is 2.34. The molecule has 1 amide bonds. The highest BCUT2D eigenvalue weighted by atomic mass is 16.3. The van der Waals surface area contributed by atoms with Crippen molar-refractivity contribution in [1.82, 2.24) is 4.98 Å². The highest BCUT2D eigenvalue weighted by Crippen LogP contribution is 2.29. The number of aromatic nitrogens is 1. The number of nitrogens with zero attached hydrogens (tertiary/aromatic N) is 2. The molecule has 0 spiro atoms. The van der Waals surface area contributed by atoms with Crippen molar-refractivity contribution in [2.45, 2.75) is 18.9 Å². The molecular weight excluding hydrogens is 230 g/mol. The second-order valence-corrected chi connectivity index (χ2v) is 4.83. The van der Waals surface area contributed by atoms with Gasteiger partial charge in [0.25, 0.3) is 0 Å². The number of hydrogen-bond acceptors (Lipinski definition) is 4. The van der Waals surface area contributed by atoms with Crippen molar-refractivity contribution in [2.75, 3.05) is 11.9 Å². The number of carbonyl (C=O) groups excluding carboxylic acids is 1. The van der Waals surface area contributed by atoms with Gasteiger partial charge in [0.15, 0.2) is 12.0 Å². The van der Waals surface area contributed by atoms with Crippen LogP contribution in [0.15, 0.2) is 29.0 Å². The summed E-state index contributed by atoms with van der Waals surface area (Å²) in [6.45, 7) is 0. The monoisotopic (exact) mass is 245 g/mol. The largest absolute Gasteiger partial charge is 0.443 e. The topological polar surface area (TPSA) is 72.4 Å². The van der Waals surface area contributed by atoms with Crippen molar-refractivity contribution in [1.29, 1.82) is 0 Å². The highest BCUT2D eigenvalue weighted by molar-refractivity contribution is 5.96. The number of benzene rings is 1. The minimum absolute atomic E-state index is 0.0652. The van der Waals surface area contributed by atoms with E-state index in [1.807, 2.05) is 18.2 Å². The number of anilines is 1. The Balaban J connectivity index is 1.82. The Hall–Kier alpha value is -1.88. The predicted octanol–water partition coefficient (Wildman–Crippen LogP) is 1.53. The predicted molar refractivity (Wildman–Crippen MR) is 68.1 cm³/mol. The van der Waals surface area contributed by atoms with E-state index in [1.165, 1.54) is 6.39 Å². The van der Waals surface area contributed by atoms with Gasteiger partial charge >= 0.3 is 0 Å². The number of hydrogen-bond donors (Lipinski definition) is 1. The van der Waals surface area contributed by atoms with Crippen LogP contribution in [0.3, 0.4) is 0 Å². The molecule has 1 aromatic carbocycles. The summed E-state index contributed by atoms with van der Waals surface area (Å²) in [4.78, 5) is 17.9. The molecule has 5 heteroatoms. The van der Waals surface area contributed by atoms with E-state index in [-0.39, 0.29) is 17.9 Å². The normalized spacial score (nSPS) is 22.8. The average Bonchev–Trinajstić information content (AvgIpc) is 2.80. The fraction of sp³-hybridized carbons (Fsp3) is 0.385. The Morgan fingerprint density at radius 1 is 1.50 bits per heavy atom. The lowest BCUT2D eigenvalue weighted by atomic mass is 9.80. The van der Waals surface area contributed by atoms with E-state index < -0.39 is 0 Å². The van der Waals surface area contributed by atoms with E-state index in [9.17, 15) is 4.79 Å². The molecule has 18 heavy (non-hydrogen) atoms. The molecule has 1 saturated carbocycles. The van der Waals surface area contributed by atoms with E-state index >= 15 is 0 Å². The Morgan fingerprint density at radius 2 is 2.28 bits per heavy atom. The maximum Gasteiger partial charge on any atom is 0.229 e. The van der Waals surface area contributed by atoms with Gasteiger partial charge in [-0.1, -0.05) is 0 Å². The molecule has 0 radical (unpaired) electrons. The first kappa shape index (κ1) is 11.2. The summed E-state index contributed by atoms with van der Waals surface area (Å²) in [6.07, 6.45) is 2.97. The number of fused-ring (bicyclic) bond motifs is 1. The molecule has 3 rings (SSSR count). The first-order chi connectivity index (χ1) is 8.65. The number of amides is 1. The summed E-state index contributed by atoms with van der Waals surface area (Å²) in [6, 6.07) is 5.74. The zero-order valence-electron chi connectivity index (χ0n) is 10.2. The minimum atomic E-state index is 0.0652. The van der Waals surface area contributed by atoms with Crippen LogP contribution in [0.25, 0.3) is 11.1 Å². The van der Waals surface area contributed by atoms with E-state index in [0.717, 1.165) is 24.0 Å². The maximum atomic E-state index is 12.2. The van der Waals surface area contributed by atoms with Crippen molar-refractivity contribution in [3.63, 3.8) is 0 Å². The van der Waals surface area contributed by atoms with Crippen molar-refractivity contribution >= 4 is 22.7 Å². The molecule has 0 bridgehead atoms. The third-order valence-corrected chi connectivity index (χ3v) is 3.56. The average molecular weight is 245 g/mol. The van der Waals surface area contributed by atoms with Crippen LogP contribution >= 0.6 is 0 Å². The van der Waals surface area contributed by atoms with Gasteiger partial charge in [-0.05, 0) is 25.0 Å². The van der Waals surface area contributed by atoms with Crippen LogP contribution in [0.2, 0.25) is 0 Å².